The molecule has 0 radical (unpaired) electrons. The van der Waals surface area contributed by atoms with Crippen LogP contribution < -0.4 is 5.32 Å². The number of cyclic esters (lactones) is 1. The Morgan fingerprint density at radius 1 is 1.39 bits per heavy atom. The lowest BCUT2D eigenvalue weighted by Gasteiger charge is -2.21. The number of carbonyl (C=O) groups is 2. The highest BCUT2D eigenvalue weighted by Gasteiger charge is 2.22. The fourth-order valence-corrected chi connectivity index (χ4v) is 1.73. The van der Waals surface area contributed by atoms with E-state index < -0.39 is 6.09 Å². The van der Waals surface area contributed by atoms with E-state index in [2.05, 4.69) is 5.32 Å². The van der Waals surface area contributed by atoms with Gasteiger partial charge in [-0.25, -0.2) is 4.79 Å². The second-order valence-corrected chi connectivity index (χ2v) is 4.12. The Labute approximate surface area is 105 Å². The second kappa shape index (κ2) is 6.05. The predicted molar refractivity (Wildman–Crippen MR) is 63.7 cm³/mol. The third-order valence-corrected chi connectivity index (χ3v) is 2.68. The first kappa shape index (κ1) is 12.4. The van der Waals surface area contributed by atoms with Crippen LogP contribution in [-0.4, -0.2) is 24.7 Å². The number of benzene rings is 1. The number of alkyl carbamates (subject to hydrolysis) is 1. The molecule has 1 heterocycles. The molecule has 1 atom stereocenters. The summed E-state index contributed by atoms with van der Waals surface area (Å²) in [6.07, 6.45) is 0.339. The van der Waals surface area contributed by atoms with Crippen molar-refractivity contribution in [3.05, 3.63) is 35.9 Å². The molecule has 18 heavy (non-hydrogen) atoms. The Hall–Kier alpha value is -2.04. The second-order valence-electron chi connectivity index (χ2n) is 4.12. The minimum atomic E-state index is -0.501. The van der Waals surface area contributed by atoms with Gasteiger partial charge in [-0.2, -0.15) is 0 Å². The van der Waals surface area contributed by atoms with Crippen molar-refractivity contribution in [3.8, 4) is 0 Å². The third-order valence-electron chi connectivity index (χ3n) is 2.68. The first-order valence-electron chi connectivity index (χ1n) is 5.87. The van der Waals surface area contributed by atoms with E-state index >= 15 is 0 Å². The zero-order chi connectivity index (χ0) is 12.8. The molecule has 0 unspecified atom stereocenters. The molecule has 1 fully saturated rings. The maximum atomic E-state index is 11.5. The van der Waals surface area contributed by atoms with Gasteiger partial charge in [-0.05, 0) is 5.56 Å². The van der Waals surface area contributed by atoms with Gasteiger partial charge in [-0.1, -0.05) is 30.3 Å². The summed E-state index contributed by atoms with van der Waals surface area (Å²) in [6, 6.07) is 9.24. The van der Waals surface area contributed by atoms with Crippen LogP contribution in [0.1, 0.15) is 18.4 Å². The Morgan fingerprint density at radius 3 is 2.89 bits per heavy atom. The van der Waals surface area contributed by atoms with Crippen molar-refractivity contribution >= 4 is 12.1 Å². The van der Waals surface area contributed by atoms with E-state index in [4.69, 9.17) is 9.47 Å². The standard InChI is InChI=1S/C13H15NO4/c15-12-8-11(6-7-17-12)14-13(16)18-9-10-4-2-1-3-5-10/h1-5,11H,6-9H2,(H,14,16)/t11-/m1/s1. The Balaban J connectivity index is 1.73. The van der Waals surface area contributed by atoms with E-state index in [0.717, 1.165) is 5.56 Å². The van der Waals surface area contributed by atoms with Crippen LogP contribution in [0.3, 0.4) is 0 Å². The van der Waals surface area contributed by atoms with Crippen molar-refractivity contribution in [1.82, 2.24) is 5.32 Å². The molecule has 1 aromatic rings. The molecule has 5 heteroatoms. The van der Waals surface area contributed by atoms with Gasteiger partial charge < -0.3 is 14.8 Å². The van der Waals surface area contributed by atoms with Crippen LogP contribution in [0.15, 0.2) is 30.3 Å². The predicted octanol–water partition coefficient (Wildman–Crippen LogP) is 1.62. The third kappa shape index (κ3) is 3.76. The largest absolute Gasteiger partial charge is 0.466 e. The molecule has 0 saturated carbocycles. The van der Waals surface area contributed by atoms with Crippen molar-refractivity contribution in [2.24, 2.45) is 0 Å². The summed E-state index contributed by atoms with van der Waals surface area (Å²) in [5, 5.41) is 2.66. The molecule has 0 aromatic heterocycles. The van der Waals surface area contributed by atoms with Gasteiger partial charge in [0.05, 0.1) is 13.0 Å². The van der Waals surface area contributed by atoms with Crippen LogP contribution in [0.2, 0.25) is 0 Å². The first-order chi connectivity index (χ1) is 8.74. The zero-order valence-corrected chi connectivity index (χ0v) is 9.93. The molecule has 1 amide bonds. The molecule has 2 rings (SSSR count). The SMILES string of the molecule is O=C1C[C@H](NC(=O)OCc2ccccc2)CCO1. The number of carbonyl (C=O) groups excluding carboxylic acids is 2. The smallest absolute Gasteiger partial charge is 0.407 e. The lowest BCUT2D eigenvalue weighted by Crippen LogP contribution is -2.40. The Morgan fingerprint density at radius 2 is 2.17 bits per heavy atom. The van der Waals surface area contributed by atoms with Crippen molar-refractivity contribution in [1.29, 1.82) is 0 Å². The molecular weight excluding hydrogens is 234 g/mol. The van der Waals surface area contributed by atoms with Crippen LogP contribution >= 0.6 is 0 Å². The Bertz CT molecular complexity index is 418. The van der Waals surface area contributed by atoms with Gasteiger partial charge in [0.25, 0.3) is 0 Å². The van der Waals surface area contributed by atoms with E-state index in [1.165, 1.54) is 0 Å². The van der Waals surface area contributed by atoms with Gasteiger partial charge in [0.2, 0.25) is 0 Å². The fourth-order valence-electron chi connectivity index (χ4n) is 1.73. The molecule has 1 aliphatic heterocycles. The molecule has 1 aromatic carbocycles. The fraction of sp³-hybridized carbons (Fsp3) is 0.385. The summed E-state index contributed by atoms with van der Waals surface area (Å²) < 4.78 is 9.85. The first-order valence-corrected chi connectivity index (χ1v) is 5.87. The van der Waals surface area contributed by atoms with Gasteiger partial charge >= 0.3 is 12.1 Å². The molecule has 96 valence electrons. The van der Waals surface area contributed by atoms with Gasteiger partial charge in [-0.3, -0.25) is 4.79 Å². The van der Waals surface area contributed by atoms with E-state index in [1.807, 2.05) is 30.3 Å². The highest BCUT2D eigenvalue weighted by Crippen LogP contribution is 2.08. The molecule has 0 aliphatic carbocycles. The monoisotopic (exact) mass is 249 g/mol. The van der Waals surface area contributed by atoms with Crippen molar-refractivity contribution in [3.63, 3.8) is 0 Å². The molecule has 5 nitrogen and oxygen atoms in total. The number of esters is 1. The van der Waals surface area contributed by atoms with Gasteiger partial charge in [-0.15, -0.1) is 0 Å². The van der Waals surface area contributed by atoms with E-state index in [9.17, 15) is 9.59 Å². The van der Waals surface area contributed by atoms with Crippen LogP contribution in [-0.2, 0) is 20.9 Å². The van der Waals surface area contributed by atoms with Crippen LogP contribution in [0, 0.1) is 0 Å². The minimum Gasteiger partial charge on any atom is -0.466 e. The number of amides is 1. The van der Waals surface area contributed by atoms with Crippen molar-refractivity contribution < 1.29 is 19.1 Å². The minimum absolute atomic E-state index is 0.186. The van der Waals surface area contributed by atoms with Crippen molar-refractivity contribution in [2.75, 3.05) is 6.61 Å². The molecule has 1 saturated heterocycles. The van der Waals surface area contributed by atoms with E-state index in [1.54, 1.807) is 0 Å². The highest BCUT2D eigenvalue weighted by atomic mass is 16.5. The number of ether oxygens (including phenoxy) is 2. The number of nitrogens with one attached hydrogen (secondary N) is 1. The lowest BCUT2D eigenvalue weighted by atomic mass is 10.1. The number of hydrogen-bond donors (Lipinski definition) is 1. The number of hydrogen-bond acceptors (Lipinski definition) is 4. The molecular formula is C13H15NO4. The molecule has 1 aliphatic rings. The summed E-state index contributed by atoms with van der Waals surface area (Å²) in [4.78, 5) is 22.5. The van der Waals surface area contributed by atoms with Crippen LogP contribution in [0.5, 0.6) is 0 Å². The molecule has 0 spiro atoms. The zero-order valence-electron chi connectivity index (χ0n) is 9.93. The summed E-state index contributed by atoms with van der Waals surface area (Å²) in [7, 11) is 0. The van der Waals surface area contributed by atoms with Gasteiger partial charge in [0.1, 0.15) is 6.61 Å². The van der Waals surface area contributed by atoms with Crippen LogP contribution in [0.4, 0.5) is 4.79 Å². The normalized spacial score (nSPS) is 18.9. The highest BCUT2D eigenvalue weighted by molar-refractivity contribution is 5.73. The van der Waals surface area contributed by atoms with Crippen LogP contribution in [0.25, 0.3) is 0 Å². The average molecular weight is 249 g/mol. The van der Waals surface area contributed by atoms with Gasteiger partial charge in [0.15, 0.2) is 0 Å². The summed E-state index contributed by atoms with van der Waals surface area (Å²) in [5.74, 6) is -0.283. The molecule has 0 bridgehead atoms. The molecule has 1 N–H and O–H groups in total. The quantitative estimate of drug-likeness (QED) is 0.827. The van der Waals surface area contributed by atoms with E-state index in [-0.39, 0.29) is 25.0 Å². The number of rotatable bonds is 3. The maximum Gasteiger partial charge on any atom is 0.407 e. The van der Waals surface area contributed by atoms with Gasteiger partial charge in [0, 0.05) is 12.5 Å². The summed E-state index contributed by atoms with van der Waals surface area (Å²) >= 11 is 0. The van der Waals surface area contributed by atoms with E-state index in [0.29, 0.717) is 13.0 Å². The topological polar surface area (TPSA) is 64.6 Å². The maximum absolute atomic E-state index is 11.5. The lowest BCUT2D eigenvalue weighted by molar-refractivity contribution is -0.147. The average Bonchev–Trinajstić information content (AvgIpc) is 2.38. The Kier molecular flexibility index (Phi) is 4.17. The van der Waals surface area contributed by atoms with Crippen molar-refractivity contribution in [2.45, 2.75) is 25.5 Å². The summed E-state index contributed by atoms with van der Waals surface area (Å²) in [5.41, 5.74) is 0.927. The summed E-state index contributed by atoms with van der Waals surface area (Å²) in [6.45, 7) is 0.576.